The molecule has 1 heterocycles. The number of rotatable bonds is 6. The highest BCUT2D eigenvalue weighted by molar-refractivity contribution is 5.59. The first-order valence-corrected chi connectivity index (χ1v) is 7.10. The van der Waals surface area contributed by atoms with E-state index >= 15 is 0 Å². The van der Waals surface area contributed by atoms with Crippen LogP contribution in [-0.4, -0.2) is 11.5 Å². The molecule has 2 aromatic rings. The van der Waals surface area contributed by atoms with Crippen molar-refractivity contribution in [2.24, 2.45) is 0 Å². The van der Waals surface area contributed by atoms with Crippen LogP contribution in [0.15, 0.2) is 30.3 Å². The van der Waals surface area contributed by atoms with Crippen LogP contribution in [0.4, 0.5) is 26.1 Å². The summed E-state index contributed by atoms with van der Waals surface area (Å²) in [6.45, 7) is 4.59. The van der Waals surface area contributed by atoms with Crippen LogP contribution in [0.2, 0.25) is 0 Å². The maximum absolute atomic E-state index is 13.8. The Balaban J connectivity index is 2.25. The van der Waals surface area contributed by atoms with E-state index in [1.165, 1.54) is 0 Å². The summed E-state index contributed by atoms with van der Waals surface area (Å²) in [6, 6.07) is 8.47. The van der Waals surface area contributed by atoms with Crippen molar-refractivity contribution in [3.8, 4) is 0 Å². The molecule has 0 radical (unpaired) electrons. The minimum Gasteiger partial charge on any atom is -0.368 e. The Morgan fingerprint density at radius 1 is 1.05 bits per heavy atom. The second kappa shape index (κ2) is 7.02. The van der Waals surface area contributed by atoms with Gasteiger partial charge in [-0.3, -0.25) is 0 Å². The molecule has 1 aromatic carbocycles. The molecule has 112 valence electrons. The normalized spacial score (nSPS) is 10.5. The van der Waals surface area contributed by atoms with E-state index in [-0.39, 0.29) is 11.6 Å². The Bertz CT molecular complexity index is 614. The fraction of sp³-hybridized carbons (Fsp3) is 0.312. The van der Waals surface area contributed by atoms with Gasteiger partial charge in [-0.05, 0) is 30.5 Å². The third-order valence-corrected chi connectivity index (χ3v) is 3.07. The zero-order valence-electron chi connectivity index (χ0n) is 12.2. The molecule has 0 atom stereocenters. The molecule has 0 bridgehead atoms. The number of aromatic nitrogens is 1. The fourth-order valence-corrected chi connectivity index (χ4v) is 1.93. The third kappa shape index (κ3) is 3.90. The first-order valence-electron chi connectivity index (χ1n) is 7.10. The van der Waals surface area contributed by atoms with Gasteiger partial charge in [-0.1, -0.05) is 26.0 Å². The number of benzene rings is 1. The molecule has 0 fully saturated rings. The van der Waals surface area contributed by atoms with Gasteiger partial charge in [0.15, 0.2) is 23.3 Å². The topological polar surface area (TPSA) is 37.0 Å². The highest BCUT2D eigenvalue weighted by atomic mass is 19.1. The van der Waals surface area contributed by atoms with Crippen LogP contribution >= 0.6 is 0 Å². The number of nitrogens with one attached hydrogen (secondary N) is 2. The van der Waals surface area contributed by atoms with Crippen molar-refractivity contribution in [3.63, 3.8) is 0 Å². The summed E-state index contributed by atoms with van der Waals surface area (Å²) in [5, 5.41) is 5.74. The lowest BCUT2D eigenvalue weighted by atomic mass is 10.1. The van der Waals surface area contributed by atoms with Gasteiger partial charge in [0, 0.05) is 18.3 Å². The van der Waals surface area contributed by atoms with Crippen molar-refractivity contribution < 1.29 is 8.78 Å². The molecule has 2 rings (SSSR count). The van der Waals surface area contributed by atoms with Crippen LogP contribution in [0.1, 0.15) is 25.8 Å². The highest BCUT2D eigenvalue weighted by Crippen LogP contribution is 2.23. The minimum absolute atomic E-state index is 0.0169. The predicted octanol–water partition coefficient (Wildman–Crippen LogP) is 4.49. The van der Waals surface area contributed by atoms with E-state index in [1.807, 2.05) is 38.1 Å². The first kappa shape index (κ1) is 15.2. The monoisotopic (exact) mass is 291 g/mol. The summed E-state index contributed by atoms with van der Waals surface area (Å²) in [5.74, 6) is -1.32. The summed E-state index contributed by atoms with van der Waals surface area (Å²) in [6.07, 6.45) is 1.72. The lowest BCUT2D eigenvalue weighted by Gasteiger charge is -2.11. The molecule has 21 heavy (non-hydrogen) atoms. The summed E-state index contributed by atoms with van der Waals surface area (Å²) < 4.78 is 27.4. The lowest BCUT2D eigenvalue weighted by molar-refractivity contribution is 0.579. The summed E-state index contributed by atoms with van der Waals surface area (Å²) in [4.78, 5) is 3.99. The van der Waals surface area contributed by atoms with Gasteiger partial charge < -0.3 is 10.6 Å². The average Bonchev–Trinajstić information content (AvgIpc) is 2.49. The van der Waals surface area contributed by atoms with Gasteiger partial charge in [-0.25, -0.2) is 13.8 Å². The fourth-order valence-electron chi connectivity index (χ4n) is 1.93. The number of anilines is 3. The minimum atomic E-state index is -0.712. The van der Waals surface area contributed by atoms with Gasteiger partial charge in [-0.15, -0.1) is 0 Å². The molecular weight excluding hydrogens is 272 g/mol. The highest BCUT2D eigenvalue weighted by Gasteiger charge is 2.11. The zero-order chi connectivity index (χ0) is 15.2. The average molecular weight is 291 g/mol. The Labute approximate surface area is 123 Å². The Morgan fingerprint density at radius 3 is 2.52 bits per heavy atom. The van der Waals surface area contributed by atoms with Crippen LogP contribution in [0.3, 0.4) is 0 Å². The molecule has 1 aromatic heterocycles. The van der Waals surface area contributed by atoms with E-state index < -0.39 is 11.6 Å². The number of nitrogens with zero attached hydrogens (tertiary/aromatic N) is 1. The second-order valence-electron chi connectivity index (χ2n) is 4.75. The summed E-state index contributed by atoms with van der Waals surface area (Å²) >= 11 is 0. The Hall–Kier alpha value is -2.17. The van der Waals surface area contributed by atoms with E-state index in [4.69, 9.17) is 0 Å². The number of halogens is 2. The standard InChI is InChI=1S/C16H19F2N3/c1-3-8-19-15-13(17)10-14(18)16(21-15)20-12-7-5-6-11(4-2)9-12/h5-7,9-10H,3-4,8H2,1-2H3,(H2,19,20,21). The number of hydrogen-bond donors (Lipinski definition) is 2. The Morgan fingerprint density at radius 2 is 1.81 bits per heavy atom. The SMILES string of the molecule is CCCNc1nc(Nc2cccc(CC)c2)c(F)cc1F. The van der Waals surface area contributed by atoms with Gasteiger partial charge in [0.2, 0.25) is 0 Å². The lowest BCUT2D eigenvalue weighted by Crippen LogP contribution is -2.07. The van der Waals surface area contributed by atoms with Gasteiger partial charge in [-0.2, -0.15) is 0 Å². The van der Waals surface area contributed by atoms with E-state index in [0.717, 1.165) is 30.2 Å². The van der Waals surface area contributed by atoms with Gasteiger partial charge in [0.25, 0.3) is 0 Å². The van der Waals surface area contributed by atoms with E-state index in [9.17, 15) is 8.78 Å². The van der Waals surface area contributed by atoms with Crippen LogP contribution in [0, 0.1) is 11.6 Å². The van der Waals surface area contributed by atoms with Crippen molar-refractivity contribution in [3.05, 3.63) is 47.5 Å². The quantitative estimate of drug-likeness (QED) is 0.823. The van der Waals surface area contributed by atoms with Gasteiger partial charge in [0.05, 0.1) is 0 Å². The molecule has 0 saturated carbocycles. The third-order valence-electron chi connectivity index (χ3n) is 3.07. The number of hydrogen-bond acceptors (Lipinski definition) is 3. The number of aryl methyl sites for hydroxylation is 1. The predicted molar refractivity (Wildman–Crippen MR) is 82.0 cm³/mol. The van der Waals surface area contributed by atoms with E-state index in [2.05, 4.69) is 15.6 Å². The maximum atomic E-state index is 13.8. The molecule has 2 N–H and O–H groups in total. The van der Waals surface area contributed by atoms with Crippen molar-refractivity contribution in [1.82, 2.24) is 4.98 Å². The molecule has 0 aliphatic rings. The van der Waals surface area contributed by atoms with Crippen molar-refractivity contribution >= 4 is 17.3 Å². The Kier molecular flexibility index (Phi) is 5.09. The molecule has 0 amide bonds. The van der Waals surface area contributed by atoms with Crippen molar-refractivity contribution in [2.45, 2.75) is 26.7 Å². The largest absolute Gasteiger partial charge is 0.368 e. The molecule has 0 unspecified atom stereocenters. The zero-order valence-corrected chi connectivity index (χ0v) is 12.2. The van der Waals surface area contributed by atoms with Gasteiger partial charge in [0.1, 0.15) is 0 Å². The summed E-state index contributed by atoms with van der Waals surface area (Å²) in [5.41, 5.74) is 1.86. The summed E-state index contributed by atoms with van der Waals surface area (Å²) in [7, 11) is 0. The first-order chi connectivity index (χ1) is 10.1. The van der Waals surface area contributed by atoms with Gasteiger partial charge >= 0.3 is 0 Å². The molecule has 0 aliphatic carbocycles. The van der Waals surface area contributed by atoms with Crippen molar-refractivity contribution in [2.75, 3.05) is 17.2 Å². The van der Waals surface area contributed by atoms with E-state index in [1.54, 1.807) is 0 Å². The van der Waals surface area contributed by atoms with Crippen molar-refractivity contribution in [1.29, 1.82) is 0 Å². The van der Waals surface area contributed by atoms with Crippen LogP contribution in [0.5, 0.6) is 0 Å². The molecule has 0 saturated heterocycles. The molecule has 0 spiro atoms. The van der Waals surface area contributed by atoms with Crippen LogP contribution in [-0.2, 0) is 6.42 Å². The second-order valence-corrected chi connectivity index (χ2v) is 4.75. The molecule has 5 heteroatoms. The smallest absolute Gasteiger partial charge is 0.169 e. The maximum Gasteiger partial charge on any atom is 0.169 e. The number of pyridine rings is 1. The molecular formula is C16H19F2N3. The van der Waals surface area contributed by atoms with Crippen LogP contribution < -0.4 is 10.6 Å². The van der Waals surface area contributed by atoms with E-state index in [0.29, 0.717) is 6.54 Å². The molecule has 3 nitrogen and oxygen atoms in total. The molecule has 0 aliphatic heterocycles. The van der Waals surface area contributed by atoms with Crippen LogP contribution in [0.25, 0.3) is 0 Å².